The van der Waals surface area contributed by atoms with Gasteiger partial charge in [-0.3, -0.25) is 4.79 Å². The van der Waals surface area contributed by atoms with E-state index in [1.54, 1.807) is 19.9 Å². The van der Waals surface area contributed by atoms with Crippen LogP contribution in [0.2, 0.25) is 0 Å². The summed E-state index contributed by atoms with van der Waals surface area (Å²) in [6.07, 6.45) is 0.557. The smallest absolute Gasteiger partial charge is 0.264 e. The number of nitrogens with one attached hydrogen (secondary N) is 2. The molecule has 1 unspecified atom stereocenters. The van der Waals surface area contributed by atoms with E-state index in [1.165, 1.54) is 36.0 Å². The van der Waals surface area contributed by atoms with Crippen molar-refractivity contribution in [3.8, 4) is 0 Å². The maximum absolute atomic E-state index is 12.8. The molecule has 0 saturated heterocycles. The number of para-hydroxylation sites is 2. The highest BCUT2D eigenvalue weighted by molar-refractivity contribution is 8.00. The fraction of sp³-hybridized carbons (Fsp3) is 0.217. The topological polar surface area (TPSA) is 127 Å². The molecule has 0 saturated carbocycles. The lowest BCUT2D eigenvalue weighted by Gasteiger charge is -2.13. The molecule has 4 aromatic rings. The normalized spacial score (nSPS) is 12.4. The van der Waals surface area contributed by atoms with Crippen molar-refractivity contribution in [3.05, 3.63) is 66.0 Å². The summed E-state index contributed by atoms with van der Waals surface area (Å²) >= 11 is 1.24. The van der Waals surface area contributed by atoms with Crippen LogP contribution in [0.5, 0.6) is 0 Å². The van der Waals surface area contributed by atoms with Crippen LogP contribution in [0.4, 0.5) is 11.6 Å². The van der Waals surface area contributed by atoms with Crippen molar-refractivity contribution in [2.75, 3.05) is 10.0 Å². The minimum atomic E-state index is -3.88. The molecule has 0 bridgehead atoms. The zero-order valence-corrected chi connectivity index (χ0v) is 20.4. The quantitative estimate of drug-likeness (QED) is 0.340. The van der Waals surface area contributed by atoms with E-state index in [1.807, 2.05) is 31.2 Å². The van der Waals surface area contributed by atoms with Crippen LogP contribution in [0.3, 0.4) is 0 Å². The van der Waals surface area contributed by atoms with Crippen LogP contribution < -0.4 is 10.0 Å². The molecule has 0 aliphatic heterocycles. The van der Waals surface area contributed by atoms with Crippen LogP contribution in [0, 0.1) is 13.8 Å². The Labute approximate surface area is 201 Å². The minimum Gasteiger partial charge on any atom is -0.431 e. The lowest BCUT2D eigenvalue weighted by Crippen LogP contribution is -2.24. The summed E-state index contributed by atoms with van der Waals surface area (Å²) in [5, 5.41) is 2.81. The molecular weight excluding hydrogens is 474 g/mol. The first-order valence-corrected chi connectivity index (χ1v) is 12.9. The lowest BCUT2D eigenvalue weighted by atomic mass is 10.3. The highest BCUT2D eigenvalue weighted by Crippen LogP contribution is 2.29. The molecule has 176 valence electrons. The highest BCUT2D eigenvalue weighted by atomic mass is 32.2. The number of benzene rings is 2. The second-order valence-corrected chi connectivity index (χ2v) is 10.4. The van der Waals surface area contributed by atoms with Crippen molar-refractivity contribution in [3.63, 3.8) is 0 Å². The third-order valence-corrected chi connectivity index (χ3v) is 7.37. The average Bonchev–Trinajstić information content (AvgIpc) is 3.19. The number of carbonyl (C=O) groups is 1. The summed E-state index contributed by atoms with van der Waals surface area (Å²) < 4.78 is 33.5. The number of rotatable bonds is 8. The van der Waals surface area contributed by atoms with Gasteiger partial charge < -0.3 is 9.73 Å². The summed E-state index contributed by atoms with van der Waals surface area (Å²) in [5.74, 6) is -0.219. The first-order valence-electron chi connectivity index (χ1n) is 10.5. The fourth-order valence-electron chi connectivity index (χ4n) is 3.24. The molecule has 2 N–H and O–H groups in total. The predicted octanol–water partition coefficient (Wildman–Crippen LogP) is 4.54. The zero-order chi connectivity index (χ0) is 24.3. The molecule has 1 amide bonds. The van der Waals surface area contributed by atoms with Crippen molar-refractivity contribution in [2.45, 2.75) is 42.6 Å². The number of fused-ring (bicyclic) bond motifs is 1. The van der Waals surface area contributed by atoms with Crippen molar-refractivity contribution in [1.82, 2.24) is 15.0 Å². The number of carbonyl (C=O) groups excluding carboxylic acids is 1. The zero-order valence-electron chi connectivity index (χ0n) is 18.8. The van der Waals surface area contributed by atoms with Crippen LogP contribution >= 0.6 is 11.8 Å². The molecule has 2 aromatic carbocycles. The summed E-state index contributed by atoms with van der Waals surface area (Å²) in [6, 6.07) is 15.0. The Morgan fingerprint density at radius 1 is 1.03 bits per heavy atom. The van der Waals surface area contributed by atoms with E-state index in [2.05, 4.69) is 25.0 Å². The third kappa shape index (κ3) is 5.54. The monoisotopic (exact) mass is 497 g/mol. The molecule has 9 nitrogen and oxygen atoms in total. The van der Waals surface area contributed by atoms with E-state index < -0.39 is 15.3 Å². The van der Waals surface area contributed by atoms with Gasteiger partial charge in [0.05, 0.1) is 10.1 Å². The Morgan fingerprint density at radius 3 is 2.35 bits per heavy atom. The number of thioether (sulfide) groups is 1. The van der Waals surface area contributed by atoms with Gasteiger partial charge in [-0.05, 0) is 62.7 Å². The van der Waals surface area contributed by atoms with Gasteiger partial charge >= 0.3 is 0 Å². The summed E-state index contributed by atoms with van der Waals surface area (Å²) in [4.78, 5) is 25.4. The number of oxazole rings is 1. The van der Waals surface area contributed by atoms with Crippen LogP contribution in [-0.4, -0.2) is 34.5 Å². The van der Waals surface area contributed by atoms with E-state index >= 15 is 0 Å². The van der Waals surface area contributed by atoms with Crippen LogP contribution in [0.25, 0.3) is 11.1 Å². The molecule has 34 heavy (non-hydrogen) atoms. The van der Waals surface area contributed by atoms with Crippen molar-refractivity contribution in [1.29, 1.82) is 0 Å². The SMILES string of the molecule is CCC(Sc1nc2ccccc2o1)C(=O)Nc1ccc(S(=O)(=O)Nc2nc(C)cc(C)n2)cc1. The first-order chi connectivity index (χ1) is 16.2. The second kappa shape index (κ2) is 9.82. The molecule has 11 heteroatoms. The van der Waals surface area contributed by atoms with Gasteiger partial charge in [0.1, 0.15) is 5.52 Å². The standard InChI is InChI=1S/C23H23N5O4S2/c1-4-20(33-23-27-18-7-5-6-8-19(18)32-23)21(29)26-16-9-11-17(12-10-16)34(30,31)28-22-24-14(2)13-15(3)25-22/h5-13,20H,4H2,1-3H3,(H,26,29)(H,24,25,28). The van der Waals surface area contributed by atoms with Crippen LogP contribution in [-0.2, 0) is 14.8 Å². The largest absolute Gasteiger partial charge is 0.431 e. The molecular formula is C23H23N5O4S2. The van der Waals surface area contributed by atoms with E-state index in [9.17, 15) is 13.2 Å². The summed E-state index contributed by atoms with van der Waals surface area (Å²) in [6.45, 7) is 5.42. The number of aromatic nitrogens is 3. The first kappa shape index (κ1) is 23.7. The van der Waals surface area contributed by atoms with Gasteiger partial charge in [-0.2, -0.15) is 0 Å². The molecule has 2 aromatic heterocycles. The predicted molar refractivity (Wildman–Crippen MR) is 131 cm³/mol. The summed E-state index contributed by atoms with van der Waals surface area (Å²) in [5.41, 5.74) is 3.19. The van der Waals surface area contributed by atoms with Gasteiger partial charge in [-0.25, -0.2) is 28.1 Å². The van der Waals surface area contributed by atoms with Gasteiger partial charge in [0.15, 0.2) is 5.58 Å². The minimum absolute atomic E-state index is 0.0110. The number of aryl methyl sites for hydroxylation is 2. The molecule has 0 aliphatic carbocycles. The summed E-state index contributed by atoms with van der Waals surface area (Å²) in [7, 11) is -3.88. The van der Waals surface area contributed by atoms with E-state index in [-0.39, 0.29) is 16.8 Å². The van der Waals surface area contributed by atoms with Gasteiger partial charge in [-0.15, -0.1) is 0 Å². The number of hydrogen-bond donors (Lipinski definition) is 2. The molecule has 2 heterocycles. The number of amides is 1. The van der Waals surface area contributed by atoms with Crippen LogP contribution in [0.15, 0.2) is 69.1 Å². The van der Waals surface area contributed by atoms with Crippen LogP contribution in [0.1, 0.15) is 24.7 Å². The van der Waals surface area contributed by atoms with Gasteiger partial charge in [0.2, 0.25) is 11.9 Å². The molecule has 0 aliphatic rings. The Bertz CT molecular complexity index is 1380. The van der Waals surface area contributed by atoms with Crippen molar-refractivity contribution in [2.24, 2.45) is 0 Å². The Hall–Kier alpha value is -3.44. The number of nitrogens with zero attached hydrogens (tertiary/aromatic N) is 3. The Kier molecular flexibility index (Phi) is 6.85. The van der Waals surface area contributed by atoms with E-state index in [0.29, 0.717) is 34.3 Å². The maximum atomic E-state index is 12.8. The van der Waals surface area contributed by atoms with Gasteiger partial charge in [0.25, 0.3) is 15.2 Å². The number of anilines is 2. The van der Waals surface area contributed by atoms with Crippen molar-refractivity contribution < 1.29 is 17.6 Å². The molecule has 0 fully saturated rings. The molecule has 0 radical (unpaired) electrons. The Balaban J connectivity index is 1.42. The maximum Gasteiger partial charge on any atom is 0.264 e. The van der Waals surface area contributed by atoms with Crippen molar-refractivity contribution >= 4 is 50.4 Å². The van der Waals surface area contributed by atoms with E-state index in [0.717, 1.165) is 5.52 Å². The third-order valence-electron chi connectivity index (χ3n) is 4.82. The Morgan fingerprint density at radius 2 is 1.71 bits per heavy atom. The number of hydrogen-bond acceptors (Lipinski definition) is 8. The second-order valence-electron chi connectivity index (χ2n) is 7.56. The van der Waals surface area contributed by atoms with Gasteiger partial charge in [0, 0.05) is 17.1 Å². The molecule has 1 atom stereocenters. The molecule has 0 spiro atoms. The fourth-order valence-corrected chi connectivity index (χ4v) is 5.05. The van der Waals surface area contributed by atoms with E-state index in [4.69, 9.17) is 4.42 Å². The number of sulfonamides is 1. The lowest BCUT2D eigenvalue weighted by molar-refractivity contribution is -0.115. The molecule has 4 rings (SSSR count). The highest BCUT2D eigenvalue weighted by Gasteiger charge is 2.22. The average molecular weight is 498 g/mol. The van der Waals surface area contributed by atoms with Gasteiger partial charge in [-0.1, -0.05) is 30.8 Å².